The molecule has 0 unspecified atom stereocenters. The number of carbonyl (C=O) groups is 2. The second-order valence-corrected chi connectivity index (χ2v) is 7.49. The first-order chi connectivity index (χ1) is 14.9. The van der Waals surface area contributed by atoms with Crippen molar-refractivity contribution >= 4 is 69.5 Å². The lowest BCUT2D eigenvalue weighted by Gasteiger charge is -2.16. The number of benzene rings is 3. The molecule has 0 aliphatic rings. The molecule has 0 atom stereocenters. The summed E-state index contributed by atoms with van der Waals surface area (Å²) in [4.78, 5) is 24.6. The van der Waals surface area contributed by atoms with Crippen molar-refractivity contribution in [2.24, 2.45) is 0 Å². The van der Waals surface area contributed by atoms with Crippen LogP contribution in [0.2, 0.25) is 5.02 Å². The van der Waals surface area contributed by atoms with E-state index in [0.717, 1.165) is 0 Å². The number of thiocarbonyl (C=S) groups is 2. The molecule has 31 heavy (non-hydrogen) atoms. The van der Waals surface area contributed by atoms with Crippen LogP contribution in [0.3, 0.4) is 0 Å². The van der Waals surface area contributed by atoms with Crippen LogP contribution in [0.25, 0.3) is 0 Å². The first kappa shape index (κ1) is 22.4. The Morgan fingerprint density at radius 2 is 1.10 bits per heavy atom. The van der Waals surface area contributed by atoms with Crippen LogP contribution in [-0.2, 0) is 0 Å². The number of amides is 2. The van der Waals surface area contributed by atoms with E-state index in [1.165, 1.54) is 0 Å². The molecular formula is C22H17ClN4O2S2. The first-order valence-electron chi connectivity index (χ1n) is 9.06. The van der Waals surface area contributed by atoms with Crippen molar-refractivity contribution in [3.05, 3.63) is 95.0 Å². The molecule has 6 nitrogen and oxygen atoms in total. The largest absolute Gasteiger partial charge is 0.331 e. The van der Waals surface area contributed by atoms with Gasteiger partial charge in [0.05, 0.1) is 11.4 Å². The fourth-order valence-electron chi connectivity index (χ4n) is 2.57. The smallest absolute Gasteiger partial charge is 0.257 e. The predicted octanol–water partition coefficient (Wildman–Crippen LogP) is 4.59. The standard InChI is InChI=1S/C22H17ClN4O2S2/c23-16-11-12-17(24-21(30)26-19(28)14-7-3-1-4-8-14)18(13-16)25-22(31)27-20(29)15-9-5-2-6-10-15/h1-13H,(H2,24,26,28,30)(H2,25,27,29,31). The normalized spacial score (nSPS) is 9.97. The van der Waals surface area contributed by atoms with Gasteiger partial charge in [-0.05, 0) is 66.9 Å². The average molecular weight is 469 g/mol. The van der Waals surface area contributed by atoms with E-state index < -0.39 is 0 Å². The van der Waals surface area contributed by atoms with E-state index in [-0.39, 0.29) is 22.0 Å². The average Bonchev–Trinajstić information content (AvgIpc) is 2.76. The van der Waals surface area contributed by atoms with Crippen molar-refractivity contribution < 1.29 is 9.59 Å². The van der Waals surface area contributed by atoms with Crippen molar-refractivity contribution in [3.63, 3.8) is 0 Å². The molecule has 0 aromatic heterocycles. The monoisotopic (exact) mass is 468 g/mol. The van der Waals surface area contributed by atoms with E-state index in [4.69, 9.17) is 36.0 Å². The van der Waals surface area contributed by atoms with Gasteiger partial charge in [-0.25, -0.2) is 0 Å². The van der Waals surface area contributed by atoms with Crippen molar-refractivity contribution in [1.29, 1.82) is 0 Å². The molecule has 0 spiro atoms. The van der Waals surface area contributed by atoms with Gasteiger partial charge in [-0.1, -0.05) is 48.0 Å². The number of hydrogen-bond donors (Lipinski definition) is 4. The molecule has 2 amide bonds. The molecule has 0 fully saturated rings. The third kappa shape index (κ3) is 6.58. The van der Waals surface area contributed by atoms with Crippen LogP contribution in [0.15, 0.2) is 78.9 Å². The van der Waals surface area contributed by atoms with Crippen molar-refractivity contribution in [2.45, 2.75) is 0 Å². The Kier molecular flexibility index (Phi) is 7.66. The van der Waals surface area contributed by atoms with Gasteiger partial charge < -0.3 is 10.6 Å². The van der Waals surface area contributed by atoms with Gasteiger partial charge in [-0.15, -0.1) is 0 Å². The highest BCUT2D eigenvalue weighted by molar-refractivity contribution is 7.80. The molecule has 156 valence electrons. The Balaban J connectivity index is 1.66. The molecule has 4 N–H and O–H groups in total. The van der Waals surface area contributed by atoms with Gasteiger partial charge in [-0.3, -0.25) is 20.2 Å². The highest BCUT2D eigenvalue weighted by atomic mass is 35.5. The first-order valence-corrected chi connectivity index (χ1v) is 10.3. The molecule has 0 saturated heterocycles. The third-order valence-corrected chi connectivity index (χ3v) is 4.65. The van der Waals surface area contributed by atoms with Gasteiger partial charge in [0.25, 0.3) is 11.8 Å². The summed E-state index contributed by atoms with van der Waals surface area (Å²) in [6.45, 7) is 0. The SMILES string of the molecule is O=C(NC(=S)Nc1ccc(Cl)cc1NC(=S)NC(=O)c1ccccc1)c1ccccc1. The number of anilines is 2. The quantitative estimate of drug-likeness (QED) is 0.419. The van der Waals surface area contributed by atoms with Crippen molar-refractivity contribution in [2.75, 3.05) is 10.6 Å². The molecule has 3 rings (SSSR count). The van der Waals surface area contributed by atoms with Gasteiger partial charge in [0.2, 0.25) is 0 Å². The summed E-state index contributed by atoms with van der Waals surface area (Å²) >= 11 is 16.6. The van der Waals surface area contributed by atoms with E-state index in [1.807, 2.05) is 12.1 Å². The van der Waals surface area contributed by atoms with E-state index in [0.29, 0.717) is 27.5 Å². The Morgan fingerprint density at radius 3 is 1.58 bits per heavy atom. The van der Waals surface area contributed by atoms with Crippen LogP contribution in [0.1, 0.15) is 20.7 Å². The predicted molar refractivity (Wildman–Crippen MR) is 132 cm³/mol. The molecule has 3 aromatic rings. The lowest BCUT2D eigenvalue weighted by Crippen LogP contribution is -2.36. The zero-order valence-corrected chi connectivity index (χ0v) is 18.4. The van der Waals surface area contributed by atoms with Gasteiger partial charge in [0.1, 0.15) is 0 Å². The minimum Gasteiger partial charge on any atom is -0.331 e. The number of carbonyl (C=O) groups excluding carboxylic acids is 2. The summed E-state index contributed by atoms with van der Waals surface area (Å²) in [5.74, 6) is -0.687. The Bertz CT molecular complexity index is 1120. The topological polar surface area (TPSA) is 82.3 Å². The van der Waals surface area contributed by atoms with Crippen LogP contribution >= 0.6 is 36.0 Å². The maximum Gasteiger partial charge on any atom is 0.257 e. The highest BCUT2D eigenvalue weighted by Gasteiger charge is 2.12. The number of nitrogens with one attached hydrogen (secondary N) is 4. The summed E-state index contributed by atoms with van der Waals surface area (Å²) in [7, 11) is 0. The summed E-state index contributed by atoms with van der Waals surface area (Å²) in [6, 6.07) is 22.3. The number of hydrogen-bond acceptors (Lipinski definition) is 4. The zero-order chi connectivity index (χ0) is 22.2. The lowest BCUT2D eigenvalue weighted by atomic mass is 10.2. The molecule has 0 heterocycles. The zero-order valence-electron chi connectivity index (χ0n) is 16.0. The maximum atomic E-state index is 12.3. The Hall–Kier alpha value is -3.33. The van der Waals surface area contributed by atoms with E-state index in [1.54, 1.807) is 66.7 Å². The fourth-order valence-corrected chi connectivity index (χ4v) is 3.14. The van der Waals surface area contributed by atoms with Gasteiger partial charge in [0.15, 0.2) is 10.2 Å². The van der Waals surface area contributed by atoms with Crippen molar-refractivity contribution in [3.8, 4) is 0 Å². The van der Waals surface area contributed by atoms with E-state index >= 15 is 0 Å². The summed E-state index contributed by atoms with van der Waals surface area (Å²) in [5.41, 5.74) is 1.94. The minimum absolute atomic E-state index is 0.0819. The second-order valence-electron chi connectivity index (χ2n) is 6.24. The van der Waals surface area contributed by atoms with Crippen LogP contribution in [0.5, 0.6) is 0 Å². The second kappa shape index (κ2) is 10.6. The third-order valence-electron chi connectivity index (χ3n) is 4.00. The maximum absolute atomic E-state index is 12.3. The number of halogens is 1. The Morgan fingerprint density at radius 1 is 0.645 bits per heavy atom. The van der Waals surface area contributed by atoms with Crippen LogP contribution in [-0.4, -0.2) is 22.0 Å². The molecule has 0 bridgehead atoms. The van der Waals surface area contributed by atoms with Gasteiger partial charge in [-0.2, -0.15) is 0 Å². The Labute approximate surface area is 195 Å². The minimum atomic E-state index is -0.347. The fraction of sp³-hybridized carbons (Fsp3) is 0. The summed E-state index contributed by atoms with van der Waals surface area (Å²) in [6.07, 6.45) is 0. The molecule has 9 heteroatoms. The van der Waals surface area contributed by atoms with Crippen LogP contribution in [0, 0.1) is 0 Å². The van der Waals surface area contributed by atoms with Crippen LogP contribution < -0.4 is 21.3 Å². The molecular weight excluding hydrogens is 452 g/mol. The molecule has 0 aliphatic carbocycles. The van der Waals surface area contributed by atoms with Crippen LogP contribution in [0.4, 0.5) is 11.4 Å². The van der Waals surface area contributed by atoms with E-state index in [2.05, 4.69) is 21.3 Å². The molecule has 3 aromatic carbocycles. The molecule has 0 radical (unpaired) electrons. The lowest BCUT2D eigenvalue weighted by molar-refractivity contribution is 0.0969. The number of rotatable bonds is 4. The highest BCUT2D eigenvalue weighted by Crippen LogP contribution is 2.26. The van der Waals surface area contributed by atoms with Crippen molar-refractivity contribution in [1.82, 2.24) is 10.6 Å². The summed E-state index contributed by atoms with van der Waals surface area (Å²) < 4.78 is 0. The molecule has 0 saturated carbocycles. The van der Waals surface area contributed by atoms with Gasteiger partial charge >= 0.3 is 0 Å². The summed E-state index contributed by atoms with van der Waals surface area (Å²) in [5, 5.41) is 11.7. The molecule has 0 aliphatic heterocycles. The van der Waals surface area contributed by atoms with Gasteiger partial charge in [0, 0.05) is 16.1 Å². The van der Waals surface area contributed by atoms with E-state index in [9.17, 15) is 9.59 Å².